The first-order valence-electron chi connectivity index (χ1n) is 10.5. The molecule has 2 heterocycles. The Morgan fingerprint density at radius 1 is 1.30 bits per heavy atom. The van der Waals surface area contributed by atoms with Gasteiger partial charge in [0, 0.05) is 18.2 Å². The normalized spacial score (nSPS) is 19.1. The zero-order chi connectivity index (χ0) is 21.9. The predicted octanol–water partition coefficient (Wildman–Crippen LogP) is 4.44. The first-order chi connectivity index (χ1) is 14.1. The van der Waals surface area contributed by atoms with Crippen molar-refractivity contribution in [3.8, 4) is 11.4 Å². The molecule has 1 aliphatic rings. The monoisotopic (exact) mass is 431 g/mol. The lowest BCUT2D eigenvalue weighted by atomic mass is 10.2. The number of likely N-dealkylation sites (tertiary alicyclic amines) is 1. The van der Waals surface area contributed by atoms with Crippen LogP contribution in [0.3, 0.4) is 0 Å². The molecule has 0 radical (unpaired) electrons. The topological polar surface area (TPSA) is 77.7 Å². The minimum Gasteiger partial charge on any atom is -0.467 e. The lowest BCUT2D eigenvalue weighted by molar-refractivity contribution is -0.149. The van der Waals surface area contributed by atoms with Gasteiger partial charge in [0.25, 0.3) is 5.89 Å². The molecule has 0 aliphatic carbocycles. The molecule has 2 atom stereocenters. The van der Waals surface area contributed by atoms with E-state index in [0.29, 0.717) is 12.4 Å². The second kappa shape index (κ2) is 8.99. The maximum absolute atomic E-state index is 12.7. The number of hydrogen-bond acceptors (Lipinski definition) is 7. The second-order valence-corrected chi connectivity index (χ2v) is 14.2. The number of aromatic nitrogens is 2. The maximum Gasteiger partial charge on any atom is 0.332 e. The van der Waals surface area contributed by atoms with Gasteiger partial charge >= 0.3 is 5.97 Å². The van der Waals surface area contributed by atoms with Crippen LogP contribution in [0.25, 0.3) is 11.4 Å². The van der Waals surface area contributed by atoms with Crippen LogP contribution in [0.15, 0.2) is 34.9 Å². The molecule has 7 nitrogen and oxygen atoms in total. The fourth-order valence-corrected chi connectivity index (χ4v) is 4.48. The van der Waals surface area contributed by atoms with E-state index in [1.165, 1.54) is 7.11 Å². The fraction of sp³-hybridized carbons (Fsp3) is 0.591. The summed E-state index contributed by atoms with van der Waals surface area (Å²) in [7, 11) is -0.496. The van der Waals surface area contributed by atoms with E-state index in [9.17, 15) is 4.79 Å². The van der Waals surface area contributed by atoms with Crippen molar-refractivity contribution in [2.75, 3.05) is 20.3 Å². The highest BCUT2D eigenvalue weighted by atomic mass is 28.4. The van der Waals surface area contributed by atoms with Gasteiger partial charge in [-0.25, -0.2) is 4.79 Å². The molecular weight excluding hydrogens is 398 g/mol. The number of esters is 1. The summed E-state index contributed by atoms with van der Waals surface area (Å²) < 4.78 is 17.1. The number of carbonyl (C=O) groups is 1. The van der Waals surface area contributed by atoms with Crippen molar-refractivity contribution in [3.63, 3.8) is 0 Å². The third-order valence-electron chi connectivity index (χ3n) is 6.33. The van der Waals surface area contributed by atoms with Crippen LogP contribution >= 0.6 is 0 Å². The second-order valence-electron chi connectivity index (χ2n) is 9.35. The lowest BCUT2D eigenvalue weighted by Gasteiger charge is -2.38. The molecule has 0 saturated carbocycles. The first kappa shape index (κ1) is 22.6. The van der Waals surface area contributed by atoms with Gasteiger partial charge in [0.05, 0.1) is 7.11 Å². The van der Waals surface area contributed by atoms with Crippen LogP contribution in [0.1, 0.15) is 45.5 Å². The molecule has 30 heavy (non-hydrogen) atoms. The maximum atomic E-state index is 12.7. The highest BCUT2D eigenvalue weighted by Crippen LogP contribution is 2.38. The van der Waals surface area contributed by atoms with Crippen LogP contribution in [0.2, 0.25) is 18.1 Å². The molecule has 0 N–H and O–H groups in total. The minimum absolute atomic E-state index is 0.107. The van der Waals surface area contributed by atoms with Crippen molar-refractivity contribution in [2.45, 2.75) is 63.8 Å². The van der Waals surface area contributed by atoms with Crippen molar-refractivity contribution in [1.29, 1.82) is 0 Å². The molecule has 0 spiro atoms. The van der Waals surface area contributed by atoms with E-state index in [4.69, 9.17) is 13.7 Å². The highest BCUT2D eigenvalue weighted by Gasteiger charge is 2.43. The molecular formula is C22H33N3O4Si. The first-order valence-corrected chi connectivity index (χ1v) is 13.4. The van der Waals surface area contributed by atoms with Crippen LogP contribution in [0.5, 0.6) is 0 Å². The molecule has 8 heteroatoms. The zero-order valence-electron chi connectivity index (χ0n) is 18.8. The Balaban J connectivity index is 1.81. The molecule has 3 rings (SSSR count). The van der Waals surface area contributed by atoms with Gasteiger partial charge in [-0.15, -0.1) is 0 Å². The van der Waals surface area contributed by atoms with Crippen LogP contribution in [-0.2, 0) is 14.0 Å². The van der Waals surface area contributed by atoms with Gasteiger partial charge in [-0.3, -0.25) is 4.90 Å². The van der Waals surface area contributed by atoms with Crippen molar-refractivity contribution in [1.82, 2.24) is 15.0 Å². The van der Waals surface area contributed by atoms with E-state index in [1.807, 2.05) is 30.3 Å². The smallest absolute Gasteiger partial charge is 0.332 e. The molecule has 1 saturated heterocycles. The summed E-state index contributed by atoms with van der Waals surface area (Å²) in [6, 6.07) is 8.96. The standard InChI is InChI=1S/C22H33N3O4Si/c1-22(2,3)30(5,6)28-15-17-13-10-14-25(17)18(21(26)27-4)20-23-19(24-29-20)16-11-8-7-9-12-16/h7-9,11-12,17-18H,10,13-15H2,1-6H3/t17-,18+/m0/s1. The van der Waals surface area contributed by atoms with Gasteiger partial charge in [0.15, 0.2) is 14.4 Å². The number of nitrogens with zero attached hydrogens (tertiary/aromatic N) is 3. The third kappa shape index (κ3) is 4.82. The number of carbonyl (C=O) groups excluding carboxylic acids is 1. The molecule has 1 aromatic heterocycles. The summed E-state index contributed by atoms with van der Waals surface area (Å²) >= 11 is 0. The SMILES string of the molecule is COC(=O)[C@@H](c1nc(-c2ccccc2)no1)N1CCC[C@H]1CO[Si](C)(C)C(C)(C)C. The molecule has 1 fully saturated rings. The lowest BCUT2D eigenvalue weighted by Crippen LogP contribution is -2.46. The summed E-state index contributed by atoms with van der Waals surface area (Å²) in [4.78, 5) is 19.4. The van der Waals surface area contributed by atoms with Gasteiger partial charge in [-0.1, -0.05) is 56.3 Å². The fourth-order valence-electron chi connectivity index (χ4n) is 3.44. The molecule has 0 unspecified atom stereocenters. The summed E-state index contributed by atoms with van der Waals surface area (Å²) in [6.45, 7) is 12.5. The Kier molecular flexibility index (Phi) is 6.79. The van der Waals surface area contributed by atoms with Crippen LogP contribution < -0.4 is 0 Å². The van der Waals surface area contributed by atoms with E-state index in [2.05, 4.69) is 48.9 Å². The number of hydrogen-bond donors (Lipinski definition) is 0. The highest BCUT2D eigenvalue weighted by molar-refractivity contribution is 6.74. The average Bonchev–Trinajstić information content (AvgIpc) is 3.36. The van der Waals surface area contributed by atoms with Crippen molar-refractivity contribution < 1.29 is 18.5 Å². The molecule has 164 valence electrons. The number of benzene rings is 1. The van der Waals surface area contributed by atoms with E-state index in [-0.39, 0.29) is 17.0 Å². The molecule has 2 aromatic rings. The largest absolute Gasteiger partial charge is 0.467 e. The zero-order valence-corrected chi connectivity index (χ0v) is 19.8. The van der Waals surface area contributed by atoms with Crippen molar-refractivity contribution in [2.24, 2.45) is 0 Å². The number of rotatable bonds is 7. The van der Waals surface area contributed by atoms with Crippen molar-refractivity contribution in [3.05, 3.63) is 36.2 Å². The van der Waals surface area contributed by atoms with E-state index < -0.39 is 20.3 Å². The van der Waals surface area contributed by atoms with Gasteiger partial charge in [-0.05, 0) is 37.5 Å². The molecule has 0 amide bonds. The number of methoxy groups -OCH3 is 1. The number of ether oxygens (including phenoxy) is 1. The Morgan fingerprint density at radius 2 is 2.00 bits per heavy atom. The molecule has 1 aromatic carbocycles. The average molecular weight is 432 g/mol. The molecule has 1 aliphatic heterocycles. The Bertz CT molecular complexity index is 848. The van der Waals surface area contributed by atoms with Gasteiger partial charge in [0.2, 0.25) is 5.82 Å². The summed E-state index contributed by atoms with van der Waals surface area (Å²) in [6.07, 6.45) is 1.94. The van der Waals surface area contributed by atoms with E-state index in [1.54, 1.807) is 0 Å². The molecule has 0 bridgehead atoms. The van der Waals surface area contributed by atoms with Gasteiger partial charge in [0.1, 0.15) is 0 Å². The minimum atomic E-state index is -1.89. The van der Waals surface area contributed by atoms with Crippen LogP contribution in [0, 0.1) is 0 Å². The van der Waals surface area contributed by atoms with Gasteiger partial charge in [-0.2, -0.15) is 4.98 Å². The Labute approximate surface area is 179 Å². The quantitative estimate of drug-likeness (QED) is 0.474. The summed E-state index contributed by atoms with van der Waals surface area (Å²) in [5, 5.41) is 4.23. The van der Waals surface area contributed by atoms with E-state index in [0.717, 1.165) is 24.9 Å². The summed E-state index contributed by atoms with van der Waals surface area (Å²) in [5.74, 6) is 0.338. The van der Waals surface area contributed by atoms with Gasteiger partial charge < -0.3 is 13.7 Å². The predicted molar refractivity (Wildman–Crippen MR) is 117 cm³/mol. The third-order valence-corrected chi connectivity index (χ3v) is 10.8. The van der Waals surface area contributed by atoms with Crippen LogP contribution in [-0.4, -0.2) is 55.6 Å². The summed E-state index contributed by atoms with van der Waals surface area (Å²) in [5.41, 5.74) is 0.843. The van der Waals surface area contributed by atoms with Crippen LogP contribution in [0.4, 0.5) is 0 Å². The van der Waals surface area contributed by atoms with E-state index >= 15 is 0 Å². The Hall–Kier alpha value is -2.03. The Morgan fingerprint density at radius 3 is 2.63 bits per heavy atom. The van der Waals surface area contributed by atoms with Crippen molar-refractivity contribution >= 4 is 14.3 Å².